The molecule has 0 radical (unpaired) electrons. The number of alkyl halides is 3. The smallest absolute Gasteiger partial charge is 0.334 e. The summed E-state index contributed by atoms with van der Waals surface area (Å²) < 4.78 is 53.6. The van der Waals surface area contributed by atoms with E-state index >= 15 is 0 Å². The molecular formula is C23H24F4N4O3. The average Bonchev–Trinajstić information content (AvgIpc) is 3.29. The molecule has 1 N–H and O–H groups in total. The standard InChI is InChI=1S/C23H24F4N4O3/c1-13-11-30(12-20(32)31(13)16-4-2-3-5-16)22(34)17-9-14(6-7-19(17)24)8-15-10-18(23(25,26)27)21(33)29-28-15/h6-7,9-10,13,16H,2-5,8,11-12H2,1H3,(H,29,33)/t13-/m1/s1. The summed E-state index contributed by atoms with van der Waals surface area (Å²) in [5.41, 5.74) is -2.77. The van der Waals surface area contributed by atoms with Gasteiger partial charge in [0, 0.05) is 25.0 Å². The molecule has 7 nitrogen and oxygen atoms in total. The van der Waals surface area contributed by atoms with Crippen molar-refractivity contribution >= 4 is 11.8 Å². The number of amides is 2. The molecule has 182 valence electrons. The fourth-order valence-electron chi connectivity index (χ4n) is 4.84. The molecule has 34 heavy (non-hydrogen) atoms. The van der Waals surface area contributed by atoms with E-state index in [1.54, 1.807) is 0 Å². The van der Waals surface area contributed by atoms with Crippen LogP contribution in [0, 0.1) is 5.82 Å². The van der Waals surface area contributed by atoms with Crippen molar-refractivity contribution in [3.63, 3.8) is 0 Å². The van der Waals surface area contributed by atoms with Crippen LogP contribution < -0.4 is 5.56 Å². The first kappa shape index (κ1) is 23.9. The molecule has 1 aromatic carbocycles. The van der Waals surface area contributed by atoms with E-state index in [1.165, 1.54) is 17.0 Å². The van der Waals surface area contributed by atoms with E-state index in [9.17, 15) is 31.9 Å². The van der Waals surface area contributed by atoms with Crippen molar-refractivity contribution < 1.29 is 27.2 Å². The van der Waals surface area contributed by atoms with Crippen LogP contribution in [0.15, 0.2) is 29.1 Å². The number of H-pyrrole nitrogens is 1. The van der Waals surface area contributed by atoms with Gasteiger partial charge in [-0.15, -0.1) is 0 Å². The van der Waals surface area contributed by atoms with Crippen molar-refractivity contribution in [3.8, 4) is 0 Å². The van der Waals surface area contributed by atoms with Gasteiger partial charge in [0.1, 0.15) is 17.9 Å². The van der Waals surface area contributed by atoms with Crippen LogP contribution in [-0.4, -0.2) is 57.0 Å². The second-order valence-electron chi connectivity index (χ2n) is 8.86. The van der Waals surface area contributed by atoms with Crippen LogP contribution in [0.2, 0.25) is 0 Å². The predicted octanol–water partition coefficient (Wildman–Crippen LogP) is 3.13. The Bertz CT molecular complexity index is 1160. The number of nitrogens with zero attached hydrogens (tertiary/aromatic N) is 3. The Kier molecular flexibility index (Phi) is 6.46. The SMILES string of the molecule is C[C@@H]1CN(C(=O)c2cc(Cc3cc(C(F)(F)F)c(=O)[nH]n3)ccc2F)CC(=O)N1C1CCCC1. The number of rotatable bonds is 4. The molecule has 2 fully saturated rings. The summed E-state index contributed by atoms with van der Waals surface area (Å²) in [6, 6.07) is 4.23. The molecule has 2 aromatic rings. The van der Waals surface area contributed by atoms with Gasteiger partial charge in [-0.05, 0) is 43.5 Å². The maximum absolute atomic E-state index is 14.5. The molecule has 1 aliphatic heterocycles. The monoisotopic (exact) mass is 480 g/mol. The Hall–Kier alpha value is -3.24. The normalized spacial score (nSPS) is 19.7. The van der Waals surface area contributed by atoms with E-state index in [0.29, 0.717) is 11.6 Å². The molecule has 2 amide bonds. The number of hydrogen-bond donors (Lipinski definition) is 1. The average molecular weight is 480 g/mol. The Morgan fingerprint density at radius 2 is 1.88 bits per heavy atom. The minimum absolute atomic E-state index is 0.0917. The minimum atomic E-state index is -4.85. The maximum Gasteiger partial charge on any atom is 0.421 e. The summed E-state index contributed by atoms with van der Waals surface area (Å²) in [5.74, 6) is -1.62. The van der Waals surface area contributed by atoms with Gasteiger partial charge in [-0.3, -0.25) is 14.4 Å². The van der Waals surface area contributed by atoms with Crippen molar-refractivity contribution in [1.82, 2.24) is 20.0 Å². The number of nitrogens with one attached hydrogen (secondary N) is 1. The number of aromatic amines is 1. The summed E-state index contributed by atoms with van der Waals surface area (Å²) in [5, 5.41) is 5.44. The van der Waals surface area contributed by atoms with Gasteiger partial charge in [-0.25, -0.2) is 9.49 Å². The first-order valence-electron chi connectivity index (χ1n) is 11.1. The molecule has 11 heteroatoms. The highest BCUT2D eigenvalue weighted by atomic mass is 19.4. The maximum atomic E-state index is 14.5. The Labute approximate surface area is 192 Å². The molecule has 0 spiro atoms. The van der Waals surface area contributed by atoms with E-state index in [2.05, 4.69) is 5.10 Å². The molecule has 1 saturated carbocycles. The van der Waals surface area contributed by atoms with E-state index in [1.807, 2.05) is 16.9 Å². The molecule has 2 aliphatic rings. The first-order chi connectivity index (χ1) is 16.0. The van der Waals surface area contributed by atoms with Gasteiger partial charge in [0.05, 0.1) is 11.3 Å². The van der Waals surface area contributed by atoms with Crippen molar-refractivity contribution in [3.05, 3.63) is 62.8 Å². The molecule has 1 aromatic heterocycles. The molecule has 1 aliphatic carbocycles. The number of carbonyl (C=O) groups excluding carboxylic acids is 2. The summed E-state index contributed by atoms with van der Waals surface area (Å²) in [6.45, 7) is 1.98. The van der Waals surface area contributed by atoms with Crippen molar-refractivity contribution in [1.29, 1.82) is 0 Å². The largest absolute Gasteiger partial charge is 0.421 e. The van der Waals surface area contributed by atoms with Crippen molar-refractivity contribution in [2.75, 3.05) is 13.1 Å². The van der Waals surface area contributed by atoms with Gasteiger partial charge in [-0.1, -0.05) is 18.9 Å². The number of aromatic nitrogens is 2. The lowest BCUT2D eigenvalue weighted by molar-refractivity contribution is -0.141. The summed E-state index contributed by atoms with van der Waals surface area (Å²) >= 11 is 0. The van der Waals surface area contributed by atoms with Gasteiger partial charge in [-0.2, -0.15) is 18.3 Å². The number of halogens is 4. The molecule has 1 saturated heterocycles. The number of carbonyl (C=O) groups is 2. The van der Waals surface area contributed by atoms with Crippen LogP contribution in [0.1, 0.15) is 59.8 Å². The van der Waals surface area contributed by atoms with Crippen LogP contribution in [-0.2, 0) is 17.4 Å². The zero-order chi connectivity index (χ0) is 24.6. The predicted molar refractivity (Wildman–Crippen MR) is 114 cm³/mol. The Morgan fingerprint density at radius 3 is 2.53 bits per heavy atom. The van der Waals surface area contributed by atoms with Crippen LogP contribution in [0.4, 0.5) is 17.6 Å². The van der Waals surface area contributed by atoms with Gasteiger partial charge < -0.3 is 9.80 Å². The fraction of sp³-hybridized carbons (Fsp3) is 0.478. The third kappa shape index (κ3) is 4.83. The molecule has 2 heterocycles. The van der Waals surface area contributed by atoms with Crippen LogP contribution in [0.5, 0.6) is 0 Å². The van der Waals surface area contributed by atoms with E-state index in [4.69, 9.17) is 0 Å². The first-order valence-corrected chi connectivity index (χ1v) is 11.1. The number of benzene rings is 1. The molecule has 4 rings (SSSR count). The topological polar surface area (TPSA) is 86.4 Å². The van der Waals surface area contributed by atoms with Crippen molar-refractivity contribution in [2.45, 2.75) is 57.3 Å². The zero-order valence-corrected chi connectivity index (χ0v) is 18.5. The second-order valence-corrected chi connectivity index (χ2v) is 8.86. The Balaban J connectivity index is 1.53. The minimum Gasteiger partial charge on any atom is -0.334 e. The lowest BCUT2D eigenvalue weighted by Gasteiger charge is -2.42. The van der Waals surface area contributed by atoms with E-state index in [-0.39, 0.29) is 48.8 Å². The lowest BCUT2D eigenvalue weighted by Crippen LogP contribution is -2.59. The van der Waals surface area contributed by atoms with Gasteiger partial charge in [0.15, 0.2) is 0 Å². The van der Waals surface area contributed by atoms with Crippen molar-refractivity contribution in [2.24, 2.45) is 0 Å². The molecule has 0 bridgehead atoms. The highest BCUT2D eigenvalue weighted by molar-refractivity contribution is 5.97. The van der Waals surface area contributed by atoms with Gasteiger partial charge >= 0.3 is 6.18 Å². The van der Waals surface area contributed by atoms with E-state index < -0.39 is 29.0 Å². The molecule has 1 atom stereocenters. The second kappa shape index (κ2) is 9.19. The Morgan fingerprint density at radius 1 is 1.18 bits per heavy atom. The number of piperazine rings is 1. The third-order valence-electron chi connectivity index (χ3n) is 6.39. The summed E-state index contributed by atoms with van der Waals surface area (Å²) in [4.78, 5) is 40.4. The fourth-order valence-corrected chi connectivity index (χ4v) is 4.84. The van der Waals surface area contributed by atoms with Gasteiger partial charge in [0.2, 0.25) is 5.91 Å². The van der Waals surface area contributed by atoms with Gasteiger partial charge in [0.25, 0.3) is 11.5 Å². The third-order valence-corrected chi connectivity index (χ3v) is 6.39. The summed E-state index contributed by atoms with van der Waals surface area (Å²) in [6.07, 6.45) is -0.998. The van der Waals surface area contributed by atoms with Crippen LogP contribution in [0.25, 0.3) is 0 Å². The summed E-state index contributed by atoms with van der Waals surface area (Å²) in [7, 11) is 0. The number of hydrogen-bond acceptors (Lipinski definition) is 4. The molecule has 0 unspecified atom stereocenters. The van der Waals surface area contributed by atoms with E-state index in [0.717, 1.165) is 31.7 Å². The zero-order valence-electron chi connectivity index (χ0n) is 18.5. The van der Waals surface area contributed by atoms with Crippen LogP contribution >= 0.6 is 0 Å². The van der Waals surface area contributed by atoms with Crippen LogP contribution in [0.3, 0.4) is 0 Å². The lowest BCUT2D eigenvalue weighted by atomic mass is 10.0. The quantitative estimate of drug-likeness (QED) is 0.682. The highest BCUT2D eigenvalue weighted by Gasteiger charge is 2.38. The molecular weight excluding hydrogens is 456 g/mol. The highest BCUT2D eigenvalue weighted by Crippen LogP contribution is 2.29.